The second-order valence-electron chi connectivity index (χ2n) is 10.3. The van der Waals surface area contributed by atoms with Crippen LogP contribution in [0.4, 0.5) is 0 Å². The Morgan fingerprint density at radius 1 is 1.00 bits per heavy atom. The van der Waals surface area contributed by atoms with Gasteiger partial charge in [0, 0.05) is 12.1 Å². The molecule has 1 aliphatic heterocycles. The van der Waals surface area contributed by atoms with Gasteiger partial charge in [0.05, 0.1) is 5.41 Å². The maximum atomic E-state index is 13.7. The lowest BCUT2D eigenvalue weighted by molar-refractivity contribution is -0.165. The first-order valence-corrected chi connectivity index (χ1v) is 11.5. The molecule has 5 aliphatic rings. The Morgan fingerprint density at radius 3 is 2.20 bits per heavy atom. The molecule has 5 fully saturated rings. The first-order chi connectivity index (χ1) is 14.4. The Kier molecular flexibility index (Phi) is 4.95. The number of esters is 1. The molecule has 1 amide bonds. The van der Waals surface area contributed by atoms with E-state index in [1.54, 1.807) is 17.0 Å². The number of carbonyl (C=O) groups excluding carboxylic acids is 3. The molecular formula is C25H31NO4. The molecule has 1 aromatic rings. The highest BCUT2D eigenvalue weighted by Gasteiger charge is 2.57. The zero-order valence-corrected chi connectivity index (χ0v) is 17.8. The number of ether oxygens (including phenoxy) is 1. The SMILES string of the molecule is Cc1ccc(C(=O)COC(=O)[C@H]2CCCN2C(=O)C23CC4CC(CC(C4)C2)C3)cc1. The molecule has 6 rings (SSSR count). The van der Waals surface area contributed by atoms with E-state index in [2.05, 4.69) is 0 Å². The Balaban J connectivity index is 1.24. The van der Waals surface area contributed by atoms with Crippen LogP contribution in [0.3, 0.4) is 0 Å². The van der Waals surface area contributed by atoms with E-state index >= 15 is 0 Å². The average Bonchev–Trinajstić information content (AvgIpc) is 3.20. The predicted octanol–water partition coefficient (Wildman–Crippen LogP) is 3.93. The maximum absolute atomic E-state index is 13.7. The number of hydrogen-bond acceptors (Lipinski definition) is 4. The molecule has 5 nitrogen and oxygen atoms in total. The molecule has 0 unspecified atom stereocenters. The lowest BCUT2D eigenvalue weighted by atomic mass is 9.49. The lowest BCUT2D eigenvalue weighted by Gasteiger charge is -2.56. The molecule has 0 N–H and O–H groups in total. The van der Waals surface area contributed by atoms with Gasteiger partial charge in [-0.3, -0.25) is 9.59 Å². The van der Waals surface area contributed by atoms with Gasteiger partial charge in [0.2, 0.25) is 5.91 Å². The average molecular weight is 410 g/mol. The van der Waals surface area contributed by atoms with Gasteiger partial charge in [0.15, 0.2) is 12.4 Å². The van der Waals surface area contributed by atoms with Crippen molar-refractivity contribution in [2.75, 3.05) is 13.2 Å². The predicted molar refractivity (Wildman–Crippen MR) is 112 cm³/mol. The van der Waals surface area contributed by atoms with Crippen LogP contribution in [0.1, 0.15) is 67.3 Å². The van der Waals surface area contributed by atoms with Crippen LogP contribution in [0, 0.1) is 30.1 Å². The van der Waals surface area contributed by atoms with Crippen molar-refractivity contribution in [3.63, 3.8) is 0 Å². The summed E-state index contributed by atoms with van der Waals surface area (Å²) in [7, 11) is 0. The number of carbonyl (C=O) groups is 3. The zero-order chi connectivity index (χ0) is 20.9. The van der Waals surface area contributed by atoms with E-state index in [9.17, 15) is 14.4 Å². The number of hydrogen-bond donors (Lipinski definition) is 0. The van der Waals surface area contributed by atoms with Gasteiger partial charge in [0.25, 0.3) is 0 Å². The van der Waals surface area contributed by atoms with Crippen molar-refractivity contribution >= 4 is 17.7 Å². The molecule has 4 saturated carbocycles. The molecule has 4 bridgehead atoms. The van der Waals surface area contributed by atoms with Crippen molar-refractivity contribution in [2.24, 2.45) is 23.2 Å². The van der Waals surface area contributed by atoms with Crippen molar-refractivity contribution in [2.45, 2.75) is 64.3 Å². The number of aryl methyl sites for hydroxylation is 1. The molecule has 1 heterocycles. The van der Waals surface area contributed by atoms with E-state index in [-0.39, 0.29) is 23.7 Å². The topological polar surface area (TPSA) is 63.7 Å². The molecule has 30 heavy (non-hydrogen) atoms. The fraction of sp³-hybridized carbons (Fsp3) is 0.640. The van der Waals surface area contributed by atoms with Gasteiger partial charge in [0.1, 0.15) is 6.04 Å². The Morgan fingerprint density at radius 2 is 1.60 bits per heavy atom. The van der Waals surface area contributed by atoms with Gasteiger partial charge in [-0.15, -0.1) is 0 Å². The summed E-state index contributed by atoms with van der Waals surface area (Å²) in [5, 5.41) is 0. The van der Waals surface area contributed by atoms with Gasteiger partial charge >= 0.3 is 5.97 Å². The number of amides is 1. The van der Waals surface area contributed by atoms with E-state index in [4.69, 9.17) is 4.74 Å². The number of ketones is 1. The summed E-state index contributed by atoms with van der Waals surface area (Å²) < 4.78 is 5.39. The Hall–Kier alpha value is -2.17. The highest BCUT2D eigenvalue weighted by molar-refractivity contribution is 5.98. The summed E-state index contributed by atoms with van der Waals surface area (Å²) in [6.07, 6.45) is 8.34. The maximum Gasteiger partial charge on any atom is 0.329 e. The Labute approximate surface area is 178 Å². The van der Waals surface area contributed by atoms with E-state index < -0.39 is 12.0 Å². The summed E-state index contributed by atoms with van der Waals surface area (Å²) in [6, 6.07) is 6.72. The summed E-state index contributed by atoms with van der Waals surface area (Å²) in [4.78, 5) is 40.6. The molecule has 0 aromatic heterocycles. The minimum absolute atomic E-state index is 0.186. The fourth-order valence-corrected chi connectivity index (χ4v) is 6.99. The van der Waals surface area contributed by atoms with E-state index in [0.717, 1.165) is 31.2 Å². The molecular weight excluding hydrogens is 378 g/mol. The van der Waals surface area contributed by atoms with Gasteiger partial charge in [-0.2, -0.15) is 0 Å². The third-order valence-corrected chi connectivity index (χ3v) is 8.00. The number of nitrogens with zero attached hydrogens (tertiary/aromatic N) is 1. The lowest BCUT2D eigenvalue weighted by Crippen LogP contribution is -2.56. The van der Waals surface area contributed by atoms with E-state index in [1.165, 1.54) is 19.3 Å². The normalized spacial score (nSPS) is 34.2. The van der Waals surface area contributed by atoms with Crippen LogP contribution in [-0.2, 0) is 14.3 Å². The smallest absolute Gasteiger partial charge is 0.329 e. The highest BCUT2D eigenvalue weighted by atomic mass is 16.5. The third-order valence-electron chi connectivity index (χ3n) is 8.00. The first-order valence-electron chi connectivity index (χ1n) is 11.5. The van der Waals surface area contributed by atoms with Crippen LogP contribution in [0.5, 0.6) is 0 Å². The fourth-order valence-electron chi connectivity index (χ4n) is 6.99. The molecule has 5 heteroatoms. The number of benzene rings is 1. The summed E-state index contributed by atoms with van der Waals surface area (Å²) in [6.45, 7) is 2.33. The van der Waals surface area contributed by atoms with Gasteiger partial charge < -0.3 is 9.64 Å². The molecule has 1 saturated heterocycles. The van der Waals surface area contributed by atoms with Crippen molar-refractivity contribution in [3.8, 4) is 0 Å². The van der Waals surface area contributed by atoms with Crippen molar-refractivity contribution in [1.82, 2.24) is 4.90 Å². The summed E-state index contributed by atoms with van der Waals surface area (Å²) >= 11 is 0. The summed E-state index contributed by atoms with van der Waals surface area (Å²) in [5.41, 5.74) is 1.38. The molecule has 4 aliphatic carbocycles. The highest BCUT2D eigenvalue weighted by Crippen LogP contribution is 2.60. The molecule has 160 valence electrons. The van der Waals surface area contributed by atoms with Crippen LogP contribution in [0.2, 0.25) is 0 Å². The van der Waals surface area contributed by atoms with Crippen LogP contribution >= 0.6 is 0 Å². The minimum atomic E-state index is -0.531. The van der Waals surface area contributed by atoms with Crippen LogP contribution < -0.4 is 0 Å². The molecule has 1 atom stereocenters. The van der Waals surface area contributed by atoms with Crippen LogP contribution in [-0.4, -0.2) is 41.8 Å². The number of Topliss-reactive ketones (excluding diaryl/α,β-unsaturated/α-hetero) is 1. The third kappa shape index (κ3) is 3.46. The minimum Gasteiger partial charge on any atom is -0.456 e. The quantitative estimate of drug-likeness (QED) is 0.546. The Bertz CT molecular complexity index is 823. The standard InChI is InChI=1S/C25H31NO4/c1-16-4-6-20(7-5-16)22(27)15-30-23(28)21-3-2-8-26(21)24(29)25-12-17-9-18(13-25)11-19(10-17)14-25/h4-7,17-19,21H,2-3,8-15H2,1H3/t17?,18?,19?,21-,25?/m1/s1. The molecule has 0 radical (unpaired) electrons. The van der Waals surface area contributed by atoms with Crippen molar-refractivity contribution in [3.05, 3.63) is 35.4 Å². The monoisotopic (exact) mass is 409 g/mol. The number of rotatable bonds is 5. The largest absolute Gasteiger partial charge is 0.456 e. The van der Waals surface area contributed by atoms with Crippen molar-refractivity contribution in [1.29, 1.82) is 0 Å². The van der Waals surface area contributed by atoms with Crippen LogP contribution in [0.15, 0.2) is 24.3 Å². The van der Waals surface area contributed by atoms with Crippen LogP contribution in [0.25, 0.3) is 0 Å². The first kappa shape index (κ1) is 19.8. The summed E-state index contributed by atoms with van der Waals surface area (Å²) in [5.74, 6) is 1.64. The second kappa shape index (κ2) is 7.51. The van der Waals surface area contributed by atoms with Gasteiger partial charge in [-0.25, -0.2) is 4.79 Å². The number of likely N-dealkylation sites (tertiary alicyclic amines) is 1. The molecule has 1 aromatic carbocycles. The van der Waals surface area contributed by atoms with E-state index in [1.807, 2.05) is 19.1 Å². The van der Waals surface area contributed by atoms with E-state index in [0.29, 0.717) is 36.3 Å². The van der Waals surface area contributed by atoms with Gasteiger partial charge in [-0.1, -0.05) is 29.8 Å². The second-order valence-corrected chi connectivity index (χ2v) is 10.3. The zero-order valence-electron chi connectivity index (χ0n) is 17.8. The van der Waals surface area contributed by atoms with Gasteiger partial charge in [-0.05, 0) is 76.0 Å². The molecule has 0 spiro atoms. The van der Waals surface area contributed by atoms with Crippen molar-refractivity contribution < 1.29 is 19.1 Å².